The SMILES string of the molecule is Cc1ccc([C@@H](NCC(=O)NCCc2ccc(OC(F)F)cc2)c2ccccc2)cc1. The first kappa shape index (κ1) is 22.4. The lowest BCUT2D eigenvalue weighted by Crippen LogP contribution is -2.37. The van der Waals surface area contributed by atoms with Crippen LogP contribution in [0.25, 0.3) is 0 Å². The Kier molecular flexibility index (Phi) is 8.12. The Balaban J connectivity index is 1.51. The van der Waals surface area contributed by atoms with Crippen molar-refractivity contribution in [1.82, 2.24) is 10.6 Å². The van der Waals surface area contributed by atoms with Crippen molar-refractivity contribution in [2.24, 2.45) is 0 Å². The second-order valence-corrected chi connectivity index (χ2v) is 7.26. The molecule has 0 heterocycles. The zero-order valence-electron chi connectivity index (χ0n) is 17.4. The summed E-state index contributed by atoms with van der Waals surface area (Å²) in [6, 6.07) is 24.6. The summed E-state index contributed by atoms with van der Waals surface area (Å²) < 4.78 is 28.7. The number of ether oxygens (including phenoxy) is 1. The molecule has 0 aliphatic heterocycles. The van der Waals surface area contributed by atoms with Crippen molar-refractivity contribution in [1.29, 1.82) is 0 Å². The number of hydrogen-bond acceptors (Lipinski definition) is 3. The average Bonchev–Trinajstić information content (AvgIpc) is 2.77. The van der Waals surface area contributed by atoms with Crippen molar-refractivity contribution in [2.45, 2.75) is 26.0 Å². The van der Waals surface area contributed by atoms with Crippen LogP contribution in [0.4, 0.5) is 8.78 Å². The number of nitrogens with one attached hydrogen (secondary N) is 2. The zero-order chi connectivity index (χ0) is 22.1. The Morgan fingerprint density at radius 3 is 2.19 bits per heavy atom. The van der Waals surface area contributed by atoms with Gasteiger partial charge in [-0.3, -0.25) is 10.1 Å². The molecule has 1 amide bonds. The molecule has 162 valence electrons. The van der Waals surface area contributed by atoms with E-state index < -0.39 is 6.61 Å². The van der Waals surface area contributed by atoms with Crippen LogP contribution >= 0.6 is 0 Å². The van der Waals surface area contributed by atoms with Crippen molar-refractivity contribution >= 4 is 5.91 Å². The van der Waals surface area contributed by atoms with Crippen LogP contribution in [-0.2, 0) is 11.2 Å². The summed E-state index contributed by atoms with van der Waals surface area (Å²) in [6.07, 6.45) is 0.598. The largest absolute Gasteiger partial charge is 0.435 e. The van der Waals surface area contributed by atoms with E-state index in [9.17, 15) is 13.6 Å². The number of halogens is 2. The maximum absolute atomic E-state index is 12.4. The number of rotatable bonds is 10. The summed E-state index contributed by atoms with van der Waals surface area (Å²) in [5.74, 6) is 0.0146. The topological polar surface area (TPSA) is 50.4 Å². The van der Waals surface area contributed by atoms with Gasteiger partial charge in [0, 0.05) is 6.54 Å². The maximum Gasteiger partial charge on any atom is 0.387 e. The Labute approximate surface area is 181 Å². The fourth-order valence-corrected chi connectivity index (χ4v) is 3.27. The molecule has 4 nitrogen and oxygen atoms in total. The van der Waals surface area contributed by atoms with Gasteiger partial charge in [-0.05, 0) is 42.2 Å². The van der Waals surface area contributed by atoms with Crippen LogP contribution in [-0.4, -0.2) is 25.6 Å². The number of alkyl halides is 2. The van der Waals surface area contributed by atoms with Crippen LogP contribution in [0.3, 0.4) is 0 Å². The summed E-state index contributed by atoms with van der Waals surface area (Å²) in [5, 5.41) is 6.24. The predicted molar refractivity (Wildman–Crippen MR) is 117 cm³/mol. The third-order valence-corrected chi connectivity index (χ3v) is 4.89. The monoisotopic (exact) mass is 424 g/mol. The lowest BCUT2D eigenvalue weighted by Gasteiger charge is -2.20. The van der Waals surface area contributed by atoms with Gasteiger partial charge in [-0.2, -0.15) is 8.78 Å². The van der Waals surface area contributed by atoms with Crippen molar-refractivity contribution in [3.05, 3.63) is 101 Å². The van der Waals surface area contributed by atoms with Crippen molar-refractivity contribution < 1.29 is 18.3 Å². The van der Waals surface area contributed by atoms with Gasteiger partial charge in [-0.1, -0.05) is 72.3 Å². The molecule has 0 radical (unpaired) electrons. The minimum atomic E-state index is -2.84. The summed E-state index contributed by atoms with van der Waals surface area (Å²) in [7, 11) is 0. The van der Waals surface area contributed by atoms with Gasteiger partial charge in [-0.15, -0.1) is 0 Å². The first-order valence-electron chi connectivity index (χ1n) is 10.2. The van der Waals surface area contributed by atoms with E-state index in [0.717, 1.165) is 16.7 Å². The number of aryl methyl sites for hydroxylation is 1. The van der Waals surface area contributed by atoms with Crippen LogP contribution in [0.1, 0.15) is 28.3 Å². The molecule has 2 N–H and O–H groups in total. The summed E-state index contributed by atoms with van der Waals surface area (Å²) in [5.41, 5.74) is 4.29. The van der Waals surface area contributed by atoms with Crippen molar-refractivity contribution in [3.8, 4) is 5.75 Å². The molecule has 31 heavy (non-hydrogen) atoms. The Morgan fingerprint density at radius 1 is 0.903 bits per heavy atom. The Bertz CT molecular complexity index is 946. The number of amides is 1. The molecule has 3 rings (SSSR count). The fraction of sp³-hybridized carbons (Fsp3) is 0.240. The van der Waals surface area contributed by atoms with Gasteiger partial charge in [0.05, 0.1) is 12.6 Å². The first-order valence-corrected chi connectivity index (χ1v) is 10.2. The maximum atomic E-state index is 12.4. The van der Waals surface area contributed by atoms with Crippen LogP contribution in [0, 0.1) is 6.92 Å². The molecular weight excluding hydrogens is 398 g/mol. The zero-order valence-corrected chi connectivity index (χ0v) is 17.4. The predicted octanol–water partition coefficient (Wildman–Crippen LogP) is 4.63. The van der Waals surface area contributed by atoms with Gasteiger partial charge in [0.25, 0.3) is 0 Å². The van der Waals surface area contributed by atoms with E-state index in [1.165, 1.54) is 17.7 Å². The smallest absolute Gasteiger partial charge is 0.387 e. The number of benzene rings is 3. The van der Waals surface area contributed by atoms with E-state index >= 15 is 0 Å². The highest BCUT2D eigenvalue weighted by Crippen LogP contribution is 2.22. The second-order valence-electron chi connectivity index (χ2n) is 7.26. The normalized spacial score (nSPS) is 11.9. The molecule has 0 unspecified atom stereocenters. The molecule has 0 spiro atoms. The molecule has 0 bridgehead atoms. The molecule has 0 aliphatic rings. The molecule has 0 aliphatic carbocycles. The van der Waals surface area contributed by atoms with Gasteiger partial charge < -0.3 is 10.1 Å². The molecule has 6 heteroatoms. The lowest BCUT2D eigenvalue weighted by molar-refractivity contribution is -0.120. The highest BCUT2D eigenvalue weighted by Gasteiger charge is 2.15. The first-order chi connectivity index (χ1) is 15.0. The average molecular weight is 424 g/mol. The van der Waals surface area contributed by atoms with Crippen LogP contribution in [0.15, 0.2) is 78.9 Å². The molecule has 3 aromatic rings. The van der Waals surface area contributed by atoms with Crippen LogP contribution < -0.4 is 15.4 Å². The van der Waals surface area contributed by atoms with E-state index in [2.05, 4.69) is 39.6 Å². The third kappa shape index (κ3) is 7.19. The standard InChI is InChI=1S/C25H26F2N2O2/c1-18-7-11-21(12-8-18)24(20-5-3-2-4-6-20)29-17-23(30)28-16-15-19-9-13-22(14-10-19)31-25(26)27/h2-14,24-25,29H,15-17H2,1H3,(H,28,30)/t24-/m0/s1. The van der Waals surface area contributed by atoms with Gasteiger partial charge in [0.15, 0.2) is 0 Å². The van der Waals surface area contributed by atoms with Gasteiger partial charge in [0.1, 0.15) is 5.75 Å². The van der Waals surface area contributed by atoms with Gasteiger partial charge in [-0.25, -0.2) is 0 Å². The molecular formula is C25H26F2N2O2. The molecule has 0 saturated heterocycles. The molecule has 3 aromatic carbocycles. The number of carbonyl (C=O) groups excluding carboxylic acids is 1. The second kappa shape index (κ2) is 11.2. The molecule has 0 fully saturated rings. The van der Waals surface area contributed by atoms with Gasteiger partial charge >= 0.3 is 6.61 Å². The van der Waals surface area contributed by atoms with Gasteiger partial charge in [0.2, 0.25) is 5.91 Å². The van der Waals surface area contributed by atoms with E-state index in [1.807, 2.05) is 37.3 Å². The highest BCUT2D eigenvalue weighted by atomic mass is 19.3. The Hall–Kier alpha value is -3.25. The van der Waals surface area contributed by atoms with Crippen molar-refractivity contribution in [2.75, 3.05) is 13.1 Å². The molecule has 1 atom stereocenters. The van der Waals surface area contributed by atoms with E-state index in [-0.39, 0.29) is 24.2 Å². The van der Waals surface area contributed by atoms with E-state index in [1.54, 1.807) is 12.1 Å². The Morgan fingerprint density at radius 2 is 1.55 bits per heavy atom. The molecule has 0 saturated carbocycles. The fourth-order valence-electron chi connectivity index (χ4n) is 3.27. The number of hydrogen-bond donors (Lipinski definition) is 2. The van der Waals surface area contributed by atoms with Crippen LogP contribution in [0.2, 0.25) is 0 Å². The number of carbonyl (C=O) groups is 1. The summed E-state index contributed by atoms with van der Waals surface area (Å²) in [4.78, 5) is 12.4. The molecule has 0 aromatic heterocycles. The third-order valence-electron chi connectivity index (χ3n) is 4.89. The van der Waals surface area contributed by atoms with Crippen molar-refractivity contribution in [3.63, 3.8) is 0 Å². The highest BCUT2D eigenvalue weighted by molar-refractivity contribution is 5.78. The quantitative estimate of drug-likeness (QED) is 0.499. The summed E-state index contributed by atoms with van der Waals surface area (Å²) in [6.45, 7) is -0.163. The van der Waals surface area contributed by atoms with E-state index in [0.29, 0.717) is 13.0 Å². The van der Waals surface area contributed by atoms with Crippen LogP contribution in [0.5, 0.6) is 5.75 Å². The minimum Gasteiger partial charge on any atom is -0.435 e. The minimum absolute atomic E-state index is 0.0880. The lowest BCUT2D eigenvalue weighted by atomic mass is 9.98. The summed E-state index contributed by atoms with van der Waals surface area (Å²) >= 11 is 0. The van der Waals surface area contributed by atoms with E-state index in [4.69, 9.17) is 0 Å².